The van der Waals surface area contributed by atoms with Gasteiger partial charge in [-0.25, -0.2) is 0 Å². The summed E-state index contributed by atoms with van der Waals surface area (Å²) < 4.78 is 4.98. The van der Waals surface area contributed by atoms with Gasteiger partial charge in [-0.2, -0.15) is 0 Å². The maximum atomic E-state index is 11.7. The molecule has 5 nitrogen and oxygen atoms in total. The van der Waals surface area contributed by atoms with Crippen LogP contribution in [-0.2, 0) is 0 Å². The van der Waals surface area contributed by atoms with Crippen LogP contribution in [0.5, 0.6) is 11.5 Å². The Kier molecular flexibility index (Phi) is 4.13. The van der Waals surface area contributed by atoms with E-state index in [2.05, 4.69) is 5.32 Å². The number of phenolic OH excluding ortho intramolecular Hbond substituents is 1. The summed E-state index contributed by atoms with van der Waals surface area (Å²) >= 11 is 0. The lowest BCUT2D eigenvalue weighted by Crippen LogP contribution is -2.37. The molecular weight excluding hydrogens is 208 g/mol. The number of nitrogens with two attached hydrogens (primary N) is 1. The quantitative estimate of drug-likeness (QED) is 0.694. The Morgan fingerprint density at radius 1 is 1.62 bits per heavy atom. The van der Waals surface area contributed by atoms with Crippen LogP contribution in [0.4, 0.5) is 0 Å². The molecule has 0 spiro atoms. The van der Waals surface area contributed by atoms with Crippen molar-refractivity contribution < 1.29 is 14.6 Å². The molecule has 16 heavy (non-hydrogen) atoms. The van der Waals surface area contributed by atoms with Gasteiger partial charge in [-0.1, -0.05) is 0 Å². The van der Waals surface area contributed by atoms with Crippen molar-refractivity contribution in [2.24, 2.45) is 5.73 Å². The molecule has 0 aliphatic heterocycles. The van der Waals surface area contributed by atoms with Crippen molar-refractivity contribution in [2.75, 3.05) is 13.7 Å². The van der Waals surface area contributed by atoms with Crippen molar-refractivity contribution in [1.82, 2.24) is 5.32 Å². The molecule has 0 saturated heterocycles. The normalized spacial score (nSPS) is 11.9. The summed E-state index contributed by atoms with van der Waals surface area (Å²) in [6, 6.07) is 4.34. The van der Waals surface area contributed by atoms with Crippen molar-refractivity contribution >= 4 is 5.91 Å². The largest absolute Gasteiger partial charge is 0.507 e. The smallest absolute Gasteiger partial charge is 0.255 e. The van der Waals surface area contributed by atoms with E-state index in [0.717, 1.165) is 0 Å². The van der Waals surface area contributed by atoms with Crippen molar-refractivity contribution in [2.45, 2.75) is 13.0 Å². The summed E-state index contributed by atoms with van der Waals surface area (Å²) in [5, 5.41) is 12.2. The molecule has 0 radical (unpaired) electrons. The minimum Gasteiger partial charge on any atom is -0.507 e. The molecule has 0 heterocycles. The number of benzene rings is 1. The molecule has 4 N–H and O–H groups in total. The van der Waals surface area contributed by atoms with Gasteiger partial charge in [0.1, 0.15) is 11.5 Å². The molecule has 1 aromatic rings. The number of carbonyl (C=O) groups excluding carboxylic acids is 1. The molecule has 0 aliphatic carbocycles. The van der Waals surface area contributed by atoms with E-state index in [4.69, 9.17) is 10.5 Å². The zero-order valence-corrected chi connectivity index (χ0v) is 9.36. The van der Waals surface area contributed by atoms with Crippen molar-refractivity contribution in [3.05, 3.63) is 23.8 Å². The Hall–Kier alpha value is -1.75. The minimum absolute atomic E-state index is 0.0810. The molecule has 0 saturated carbocycles. The van der Waals surface area contributed by atoms with Crippen LogP contribution in [0.3, 0.4) is 0 Å². The molecule has 1 aromatic carbocycles. The first kappa shape index (κ1) is 12.3. The van der Waals surface area contributed by atoms with Crippen LogP contribution < -0.4 is 15.8 Å². The summed E-state index contributed by atoms with van der Waals surface area (Å²) in [4.78, 5) is 11.7. The molecule has 1 rings (SSSR count). The fraction of sp³-hybridized carbons (Fsp3) is 0.364. The maximum Gasteiger partial charge on any atom is 0.255 e. The Morgan fingerprint density at radius 2 is 2.31 bits per heavy atom. The number of rotatable bonds is 4. The number of carbonyl (C=O) groups is 1. The molecule has 5 heteroatoms. The second-order valence-corrected chi connectivity index (χ2v) is 3.49. The van der Waals surface area contributed by atoms with Gasteiger partial charge >= 0.3 is 0 Å². The topological polar surface area (TPSA) is 84.6 Å². The number of phenols is 1. The van der Waals surface area contributed by atoms with Crippen molar-refractivity contribution in [3.63, 3.8) is 0 Å². The van der Waals surface area contributed by atoms with Crippen LogP contribution in [0.2, 0.25) is 0 Å². The second-order valence-electron chi connectivity index (χ2n) is 3.49. The number of hydrogen-bond donors (Lipinski definition) is 3. The van der Waals surface area contributed by atoms with Gasteiger partial charge in [0.15, 0.2) is 0 Å². The zero-order valence-electron chi connectivity index (χ0n) is 9.36. The monoisotopic (exact) mass is 224 g/mol. The molecule has 0 aliphatic rings. The molecule has 0 aromatic heterocycles. The predicted octanol–water partition coefficient (Wildman–Crippen LogP) is 0.478. The van der Waals surface area contributed by atoms with Crippen LogP contribution in [0, 0.1) is 0 Å². The van der Waals surface area contributed by atoms with E-state index >= 15 is 0 Å². The summed E-state index contributed by atoms with van der Waals surface area (Å²) in [5.41, 5.74) is 5.57. The summed E-state index contributed by atoms with van der Waals surface area (Å²) in [7, 11) is 1.50. The van der Waals surface area contributed by atoms with Gasteiger partial charge < -0.3 is 20.9 Å². The molecule has 0 fully saturated rings. The van der Waals surface area contributed by atoms with Gasteiger partial charge in [-0.05, 0) is 25.1 Å². The number of amides is 1. The minimum atomic E-state index is -0.366. The van der Waals surface area contributed by atoms with E-state index in [-0.39, 0.29) is 23.3 Å². The van der Waals surface area contributed by atoms with Crippen molar-refractivity contribution in [3.8, 4) is 11.5 Å². The molecular formula is C11H16N2O3. The third-order valence-electron chi connectivity index (χ3n) is 2.18. The fourth-order valence-electron chi connectivity index (χ4n) is 1.18. The third kappa shape index (κ3) is 2.87. The van der Waals surface area contributed by atoms with Gasteiger partial charge in [0.25, 0.3) is 5.91 Å². The number of hydrogen-bond acceptors (Lipinski definition) is 4. The Balaban J connectivity index is 2.89. The highest BCUT2D eigenvalue weighted by atomic mass is 16.5. The predicted molar refractivity (Wildman–Crippen MR) is 60.6 cm³/mol. The van der Waals surface area contributed by atoms with Crippen LogP contribution in [-0.4, -0.2) is 30.7 Å². The third-order valence-corrected chi connectivity index (χ3v) is 2.18. The van der Waals surface area contributed by atoms with Crippen LogP contribution in [0.15, 0.2) is 18.2 Å². The highest BCUT2D eigenvalue weighted by molar-refractivity contribution is 5.97. The Bertz CT molecular complexity index is 379. The molecule has 88 valence electrons. The maximum absolute atomic E-state index is 11.7. The highest BCUT2D eigenvalue weighted by Gasteiger charge is 2.13. The van der Waals surface area contributed by atoms with Gasteiger partial charge in [-0.3, -0.25) is 4.79 Å². The number of methoxy groups -OCH3 is 1. The van der Waals surface area contributed by atoms with E-state index in [1.165, 1.54) is 19.2 Å². The highest BCUT2D eigenvalue weighted by Crippen LogP contribution is 2.22. The van der Waals surface area contributed by atoms with E-state index < -0.39 is 0 Å². The van der Waals surface area contributed by atoms with E-state index in [1.54, 1.807) is 13.0 Å². The van der Waals surface area contributed by atoms with Crippen LogP contribution in [0.25, 0.3) is 0 Å². The van der Waals surface area contributed by atoms with E-state index in [0.29, 0.717) is 12.3 Å². The summed E-state index contributed by atoms with van der Waals surface area (Å²) in [6.45, 7) is 2.13. The molecule has 1 atom stereocenters. The summed E-state index contributed by atoms with van der Waals surface area (Å²) in [6.07, 6.45) is 0. The first-order valence-electron chi connectivity index (χ1n) is 4.96. The standard InChI is InChI=1S/C11H16N2O3/c1-7(6-12)13-11(15)9-5-8(16-2)3-4-10(9)14/h3-5,7,14H,6,12H2,1-2H3,(H,13,15). The van der Waals surface area contributed by atoms with Crippen molar-refractivity contribution in [1.29, 1.82) is 0 Å². The number of nitrogens with one attached hydrogen (secondary N) is 1. The number of aromatic hydroxyl groups is 1. The zero-order chi connectivity index (χ0) is 12.1. The van der Waals surface area contributed by atoms with Gasteiger partial charge in [0.2, 0.25) is 0 Å². The number of ether oxygens (including phenoxy) is 1. The lowest BCUT2D eigenvalue weighted by atomic mass is 10.1. The van der Waals surface area contributed by atoms with Crippen LogP contribution >= 0.6 is 0 Å². The lowest BCUT2D eigenvalue weighted by molar-refractivity contribution is 0.0938. The fourth-order valence-corrected chi connectivity index (χ4v) is 1.18. The van der Waals surface area contributed by atoms with Crippen LogP contribution in [0.1, 0.15) is 17.3 Å². The first-order chi connectivity index (χ1) is 7.58. The SMILES string of the molecule is COc1ccc(O)c(C(=O)NC(C)CN)c1. The van der Waals surface area contributed by atoms with Gasteiger partial charge in [0.05, 0.1) is 12.7 Å². The van der Waals surface area contributed by atoms with Gasteiger partial charge in [-0.15, -0.1) is 0 Å². The molecule has 1 unspecified atom stereocenters. The molecule has 1 amide bonds. The van der Waals surface area contributed by atoms with Gasteiger partial charge in [0, 0.05) is 12.6 Å². The van der Waals surface area contributed by atoms with E-state index in [1.807, 2.05) is 0 Å². The average molecular weight is 224 g/mol. The lowest BCUT2D eigenvalue weighted by Gasteiger charge is -2.12. The second kappa shape index (κ2) is 5.37. The Labute approximate surface area is 94.2 Å². The summed E-state index contributed by atoms with van der Waals surface area (Å²) in [5.74, 6) is 0.0697. The molecule has 0 bridgehead atoms. The average Bonchev–Trinajstić information content (AvgIpc) is 2.29. The first-order valence-corrected chi connectivity index (χ1v) is 4.96. The Morgan fingerprint density at radius 3 is 2.88 bits per heavy atom. The van der Waals surface area contributed by atoms with E-state index in [9.17, 15) is 9.90 Å².